The Hall–Kier alpha value is -1.30. The molecule has 6 heteroatoms. The molecule has 0 unspecified atom stereocenters. The van der Waals surface area contributed by atoms with Crippen molar-refractivity contribution in [2.24, 2.45) is 5.92 Å². The van der Waals surface area contributed by atoms with Gasteiger partial charge in [-0.1, -0.05) is 26.7 Å². The fourth-order valence-electron chi connectivity index (χ4n) is 2.13. The molecule has 0 aliphatic heterocycles. The molecule has 1 aromatic rings. The van der Waals surface area contributed by atoms with Crippen molar-refractivity contribution in [3.8, 4) is 0 Å². The summed E-state index contributed by atoms with van der Waals surface area (Å²) in [4.78, 5) is 24.1. The van der Waals surface area contributed by atoms with E-state index < -0.39 is 17.9 Å². The molecule has 0 spiro atoms. The molecule has 0 saturated carbocycles. The smallest absolute Gasteiger partial charge is 0.328 e. The maximum absolute atomic E-state index is 12.2. The first-order chi connectivity index (χ1) is 9.44. The SMILES string of the molecule is CCC(CC)[C@@H](NC(=O)c1oc(Br)cc1C)C(=O)OC. The second-order valence-electron chi connectivity index (χ2n) is 4.61. The molecular weight excluding hydrogens is 326 g/mol. The lowest BCUT2D eigenvalue weighted by atomic mass is 9.94. The zero-order chi connectivity index (χ0) is 15.3. The highest BCUT2D eigenvalue weighted by Gasteiger charge is 2.30. The van der Waals surface area contributed by atoms with Crippen molar-refractivity contribution in [1.29, 1.82) is 0 Å². The van der Waals surface area contributed by atoms with Crippen LogP contribution in [0.5, 0.6) is 0 Å². The summed E-state index contributed by atoms with van der Waals surface area (Å²) >= 11 is 3.18. The average molecular weight is 346 g/mol. The van der Waals surface area contributed by atoms with Crippen LogP contribution in [0.1, 0.15) is 42.8 Å². The zero-order valence-corrected chi connectivity index (χ0v) is 13.7. The lowest BCUT2D eigenvalue weighted by molar-refractivity contribution is -0.144. The van der Waals surface area contributed by atoms with Crippen molar-refractivity contribution in [3.05, 3.63) is 22.1 Å². The van der Waals surface area contributed by atoms with Gasteiger partial charge in [0, 0.05) is 5.56 Å². The molecule has 0 fully saturated rings. The van der Waals surface area contributed by atoms with E-state index in [0.29, 0.717) is 10.2 Å². The predicted molar refractivity (Wildman–Crippen MR) is 78.5 cm³/mol. The molecule has 0 aliphatic carbocycles. The van der Waals surface area contributed by atoms with Gasteiger partial charge in [0.25, 0.3) is 5.91 Å². The largest absolute Gasteiger partial charge is 0.467 e. The second kappa shape index (κ2) is 7.47. The zero-order valence-electron chi connectivity index (χ0n) is 12.2. The van der Waals surface area contributed by atoms with Crippen molar-refractivity contribution in [2.45, 2.75) is 39.7 Å². The summed E-state index contributed by atoms with van der Waals surface area (Å²) in [5.74, 6) is -0.604. The molecule has 0 aromatic carbocycles. The number of carbonyl (C=O) groups is 2. The van der Waals surface area contributed by atoms with Gasteiger partial charge in [0.15, 0.2) is 10.4 Å². The maximum atomic E-state index is 12.2. The Kier molecular flexibility index (Phi) is 6.26. The van der Waals surface area contributed by atoms with Crippen LogP contribution in [0.15, 0.2) is 15.2 Å². The van der Waals surface area contributed by atoms with E-state index in [-0.39, 0.29) is 11.7 Å². The van der Waals surface area contributed by atoms with Crippen LogP contribution in [0.3, 0.4) is 0 Å². The Morgan fingerprint density at radius 3 is 2.40 bits per heavy atom. The molecule has 1 atom stereocenters. The fourth-order valence-corrected chi connectivity index (χ4v) is 2.64. The van der Waals surface area contributed by atoms with Crippen LogP contribution in [0, 0.1) is 12.8 Å². The van der Waals surface area contributed by atoms with Gasteiger partial charge < -0.3 is 14.5 Å². The molecular formula is C14H20BrNO4. The molecule has 1 amide bonds. The number of amides is 1. The summed E-state index contributed by atoms with van der Waals surface area (Å²) in [6.45, 7) is 5.73. The van der Waals surface area contributed by atoms with E-state index in [2.05, 4.69) is 21.2 Å². The number of esters is 1. The molecule has 1 heterocycles. The van der Waals surface area contributed by atoms with E-state index in [1.165, 1.54) is 7.11 Å². The van der Waals surface area contributed by atoms with E-state index in [1.807, 2.05) is 13.8 Å². The summed E-state index contributed by atoms with van der Waals surface area (Å²) in [6.07, 6.45) is 1.55. The summed E-state index contributed by atoms with van der Waals surface area (Å²) in [7, 11) is 1.32. The molecule has 1 aromatic heterocycles. The Morgan fingerprint density at radius 1 is 1.40 bits per heavy atom. The van der Waals surface area contributed by atoms with E-state index >= 15 is 0 Å². The number of aryl methyl sites for hydroxylation is 1. The molecule has 5 nitrogen and oxygen atoms in total. The second-order valence-corrected chi connectivity index (χ2v) is 5.40. The topological polar surface area (TPSA) is 68.5 Å². The Labute approximate surface area is 127 Å². The minimum atomic E-state index is -0.661. The van der Waals surface area contributed by atoms with Crippen molar-refractivity contribution in [2.75, 3.05) is 7.11 Å². The van der Waals surface area contributed by atoms with Crippen LogP contribution in [-0.4, -0.2) is 25.0 Å². The van der Waals surface area contributed by atoms with Gasteiger partial charge in [0.2, 0.25) is 0 Å². The number of carbonyl (C=O) groups excluding carboxylic acids is 2. The van der Waals surface area contributed by atoms with Crippen molar-refractivity contribution in [1.82, 2.24) is 5.32 Å². The fraction of sp³-hybridized carbons (Fsp3) is 0.571. The number of nitrogens with one attached hydrogen (secondary N) is 1. The van der Waals surface area contributed by atoms with Crippen LogP contribution in [0.25, 0.3) is 0 Å². The standard InChI is InChI=1S/C14H20BrNO4/c1-5-9(6-2)11(14(18)19-4)16-13(17)12-8(3)7-10(15)20-12/h7,9,11H,5-6H2,1-4H3,(H,16,17)/t11-/m1/s1. The quantitative estimate of drug-likeness (QED) is 0.804. The Bertz CT molecular complexity index is 480. The molecule has 0 saturated heterocycles. The Morgan fingerprint density at radius 2 is 2.00 bits per heavy atom. The number of rotatable bonds is 6. The van der Waals surface area contributed by atoms with Gasteiger partial charge in [-0.2, -0.15) is 0 Å². The van der Waals surface area contributed by atoms with E-state index in [1.54, 1.807) is 13.0 Å². The lowest BCUT2D eigenvalue weighted by Crippen LogP contribution is -2.46. The number of hydrogen-bond acceptors (Lipinski definition) is 4. The van der Waals surface area contributed by atoms with Crippen LogP contribution >= 0.6 is 15.9 Å². The summed E-state index contributed by atoms with van der Waals surface area (Å²) in [5.41, 5.74) is 0.711. The average Bonchev–Trinajstić information content (AvgIpc) is 2.76. The first-order valence-electron chi connectivity index (χ1n) is 6.59. The normalized spacial score (nSPS) is 12.3. The summed E-state index contributed by atoms with van der Waals surface area (Å²) in [5, 5.41) is 2.71. The molecule has 0 radical (unpaired) electrons. The monoisotopic (exact) mass is 345 g/mol. The summed E-state index contributed by atoms with van der Waals surface area (Å²) < 4.78 is 10.5. The van der Waals surface area contributed by atoms with E-state index in [4.69, 9.17) is 9.15 Å². The third-order valence-electron chi connectivity index (χ3n) is 3.36. The minimum absolute atomic E-state index is 0.0325. The molecule has 112 valence electrons. The maximum Gasteiger partial charge on any atom is 0.328 e. The van der Waals surface area contributed by atoms with Crippen molar-refractivity contribution < 1.29 is 18.7 Å². The minimum Gasteiger partial charge on any atom is -0.467 e. The third-order valence-corrected chi connectivity index (χ3v) is 3.75. The molecule has 20 heavy (non-hydrogen) atoms. The van der Waals surface area contributed by atoms with Gasteiger partial charge in [-0.05, 0) is 34.8 Å². The van der Waals surface area contributed by atoms with Gasteiger partial charge in [-0.15, -0.1) is 0 Å². The Balaban J connectivity index is 2.92. The van der Waals surface area contributed by atoms with Gasteiger partial charge in [0.05, 0.1) is 7.11 Å². The van der Waals surface area contributed by atoms with Crippen LogP contribution < -0.4 is 5.32 Å². The molecule has 0 bridgehead atoms. The van der Waals surface area contributed by atoms with Crippen molar-refractivity contribution >= 4 is 27.8 Å². The first-order valence-corrected chi connectivity index (χ1v) is 7.38. The number of ether oxygens (including phenoxy) is 1. The van der Waals surface area contributed by atoms with Gasteiger partial charge >= 0.3 is 5.97 Å². The molecule has 1 rings (SSSR count). The van der Waals surface area contributed by atoms with Crippen LogP contribution in [0.4, 0.5) is 0 Å². The molecule has 1 N–H and O–H groups in total. The van der Waals surface area contributed by atoms with E-state index in [0.717, 1.165) is 12.8 Å². The van der Waals surface area contributed by atoms with Crippen LogP contribution in [0.2, 0.25) is 0 Å². The summed E-state index contributed by atoms with van der Waals surface area (Å²) in [6, 6.07) is 1.05. The van der Waals surface area contributed by atoms with Gasteiger partial charge in [-0.3, -0.25) is 4.79 Å². The number of furan rings is 1. The number of methoxy groups -OCH3 is 1. The lowest BCUT2D eigenvalue weighted by Gasteiger charge is -2.23. The van der Waals surface area contributed by atoms with Crippen molar-refractivity contribution in [3.63, 3.8) is 0 Å². The first kappa shape index (κ1) is 16.8. The van der Waals surface area contributed by atoms with Gasteiger partial charge in [0.1, 0.15) is 6.04 Å². The number of hydrogen-bond donors (Lipinski definition) is 1. The number of halogens is 1. The van der Waals surface area contributed by atoms with Crippen LogP contribution in [-0.2, 0) is 9.53 Å². The molecule has 0 aliphatic rings. The highest BCUT2D eigenvalue weighted by atomic mass is 79.9. The predicted octanol–water partition coefficient (Wildman–Crippen LogP) is 3.06. The highest BCUT2D eigenvalue weighted by molar-refractivity contribution is 9.10. The third kappa shape index (κ3) is 3.85. The van der Waals surface area contributed by atoms with E-state index in [9.17, 15) is 9.59 Å². The highest BCUT2D eigenvalue weighted by Crippen LogP contribution is 2.21. The van der Waals surface area contributed by atoms with Gasteiger partial charge in [-0.25, -0.2) is 4.79 Å².